The van der Waals surface area contributed by atoms with Crippen molar-refractivity contribution in [3.05, 3.63) is 64.4 Å². The molecular weight excluding hydrogens is 331 g/mol. The molecule has 25 heavy (non-hydrogen) atoms. The predicted molar refractivity (Wildman–Crippen MR) is 92.3 cm³/mol. The monoisotopic (exact) mass is 347 g/mol. The van der Waals surface area contributed by atoms with Gasteiger partial charge < -0.3 is 10.4 Å². The minimum atomic E-state index is -4.50. The third-order valence-electron chi connectivity index (χ3n) is 3.72. The van der Waals surface area contributed by atoms with Gasteiger partial charge in [-0.1, -0.05) is 24.3 Å². The second kappa shape index (κ2) is 6.25. The van der Waals surface area contributed by atoms with Crippen molar-refractivity contribution in [3.8, 4) is 11.3 Å². The lowest BCUT2D eigenvalue weighted by atomic mass is 10.0. The van der Waals surface area contributed by atoms with Gasteiger partial charge in [0.05, 0.1) is 5.56 Å². The van der Waals surface area contributed by atoms with Gasteiger partial charge in [-0.05, 0) is 29.7 Å². The first kappa shape index (κ1) is 17.0. The number of nitrogens with one attached hydrogen (secondary N) is 2. The maximum atomic E-state index is 13.2. The Morgan fingerprint density at radius 3 is 2.44 bits per heavy atom. The number of halogens is 3. The van der Waals surface area contributed by atoms with E-state index in [0.29, 0.717) is 16.5 Å². The number of alkyl halides is 3. The fourth-order valence-corrected chi connectivity index (χ4v) is 2.70. The number of nitrogens with zero attached hydrogens (tertiary/aromatic N) is 1. The standard InChI is InChI=1S/C18H16F3N3O/c1-24(2)23-12-8-7-11-9-16(22-17(25)14(11)10-12)13-5-3-4-6-15(13)18(19,20)21/h3-10,23H,1-2H3,(H,22,25). The molecule has 1 heterocycles. The van der Waals surface area contributed by atoms with Crippen LogP contribution in [0.15, 0.2) is 53.3 Å². The summed E-state index contributed by atoms with van der Waals surface area (Å²) < 4.78 is 39.7. The molecule has 1 aromatic heterocycles. The summed E-state index contributed by atoms with van der Waals surface area (Å²) in [5.74, 6) is 0. The normalized spacial score (nSPS) is 11.9. The van der Waals surface area contributed by atoms with Crippen LogP contribution in [0.25, 0.3) is 22.0 Å². The molecule has 0 aliphatic carbocycles. The Kier molecular flexibility index (Phi) is 4.26. The smallest absolute Gasteiger partial charge is 0.321 e. The minimum Gasteiger partial charge on any atom is -0.321 e. The minimum absolute atomic E-state index is 0.0514. The lowest BCUT2D eigenvalue weighted by Gasteiger charge is -2.15. The highest BCUT2D eigenvalue weighted by Crippen LogP contribution is 2.36. The Bertz CT molecular complexity index is 977. The number of rotatable bonds is 3. The molecular formula is C18H16F3N3O. The molecule has 0 radical (unpaired) electrons. The highest BCUT2D eigenvalue weighted by molar-refractivity contribution is 5.88. The van der Waals surface area contributed by atoms with Crippen LogP contribution in [0.2, 0.25) is 0 Å². The van der Waals surface area contributed by atoms with Gasteiger partial charge in [0, 0.05) is 36.4 Å². The Morgan fingerprint density at radius 2 is 1.76 bits per heavy atom. The lowest BCUT2D eigenvalue weighted by Crippen LogP contribution is -2.19. The van der Waals surface area contributed by atoms with Gasteiger partial charge in [-0.2, -0.15) is 13.2 Å². The number of H-pyrrole nitrogens is 1. The van der Waals surface area contributed by atoms with Crippen LogP contribution in [0.5, 0.6) is 0 Å². The second-order valence-corrected chi connectivity index (χ2v) is 5.86. The Labute approximate surface area is 141 Å². The van der Waals surface area contributed by atoms with Gasteiger partial charge in [0.25, 0.3) is 5.56 Å². The van der Waals surface area contributed by atoms with E-state index < -0.39 is 17.3 Å². The summed E-state index contributed by atoms with van der Waals surface area (Å²) in [5, 5.41) is 2.70. The van der Waals surface area contributed by atoms with E-state index in [2.05, 4.69) is 10.4 Å². The summed E-state index contributed by atoms with van der Waals surface area (Å²) in [7, 11) is 3.62. The first-order valence-electron chi connectivity index (χ1n) is 7.53. The van der Waals surface area contributed by atoms with E-state index in [1.165, 1.54) is 18.2 Å². The lowest BCUT2D eigenvalue weighted by molar-refractivity contribution is -0.137. The number of pyridine rings is 1. The van der Waals surface area contributed by atoms with Gasteiger partial charge in [0.15, 0.2) is 0 Å². The summed E-state index contributed by atoms with van der Waals surface area (Å²) in [5.41, 5.74) is 2.61. The van der Waals surface area contributed by atoms with Crippen molar-refractivity contribution in [3.63, 3.8) is 0 Å². The number of hydrazine groups is 1. The van der Waals surface area contributed by atoms with Gasteiger partial charge in [-0.15, -0.1) is 0 Å². The summed E-state index contributed by atoms with van der Waals surface area (Å²) >= 11 is 0. The maximum absolute atomic E-state index is 13.2. The molecule has 0 atom stereocenters. The molecule has 2 aromatic carbocycles. The van der Waals surface area contributed by atoms with Crippen LogP contribution in [0, 0.1) is 0 Å². The summed E-state index contributed by atoms with van der Waals surface area (Å²) in [6.07, 6.45) is -4.50. The van der Waals surface area contributed by atoms with Gasteiger partial charge >= 0.3 is 6.18 Å². The molecule has 0 amide bonds. The molecule has 130 valence electrons. The average Bonchev–Trinajstić information content (AvgIpc) is 2.54. The van der Waals surface area contributed by atoms with E-state index in [1.54, 1.807) is 29.3 Å². The van der Waals surface area contributed by atoms with Crippen molar-refractivity contribution in [2.24, 2.45) is 0 Å². The predicted octanol–water partition coefficient (Wildman–Crippen LogP) is 4.10. The number of hydrogen-bond donors (Lipinski definition) is 2. The Balaban J connectivity index is 2.16. The van der Waals surface area contributed by atoms with Crippen LogP contribution in [-0.2, 0) is 6.18 Å². The maximum Gasteiger partial charge on any atom is 0.417 e. The molecule has 0 aliphatic rings. The summed E-state index contributed by atoms with van der Waals surface area (Å²) in [4.78, 5) is 15.0. The van der Waals surface area contributed by atoms with Gasteiger partial charge in [-0.25, -0.2) is 5.01 Å². The first-order chi connectivity index (χ1) is 11.8. The van der Waals surface area contributed by atoms with E-state index >= 15 is 0 Å². The molecule has 0 fully saturated rings. The van der Waals surface area contributed by atoms with Crippen molar-refractivity contribution in [2.45, 2.75) is 6.18 Å². The van der Waals surface area contributed by atoms with Crippen molar-refractivity contribution in [1.29, 1.82) is 0 Å². The van der Waals surface area contributed by atoms with Crippen molar-refractivity contribution in [2.75, 3.05) is 19.5 Å². The van der Waals surface area contributed by atoms with Gasteiger partial charge in [0.1, 0.15) is 0 Å². The van der Waals surface area contributed by atoms with E-state index in [9.17, 15) is 18.0 Å². The van der Waals surface area contributed by atoms with Crippen LogP contribution in [0.1, 0.15) is 5.56 Å². The fraction of sp³-hybridized carbons (Fsp3) is 0.167. The largest absolute Gasteiger partial charge is 0.417 e. The van der Waals surface area contributed by atoms with Crippen molar-refractivity contribution in [1.82, 2.24) is 9.99 Å². The molecule has 0 spiro atoms. The second-order valence-electron chi connectivity index (χ2n) is 5.86. The molecule has 0 saturated carbocycles. The number of hydrogen-bond acceptors (Lipinski definition) is 3. The zero-order chi connectivity index (χ0) is 18.2. The molecule has 3 rings (SSSR count). The first-order valence-corrected chi connectivity index (χ1v) is 7.53. The van der Waals surface area contributed by atoms with Crippen molar-refractivity contribution >= 4 is 16.5 Å². The summed E-state index contributed by atoms with van der Waals surface area (Å²) in [6.45, 7) is 0. The third kappa shape index (κ3) is 3.51. The average molecular weight is 347 g/mol. The Morgan fingerprint density at radius 1 is 1.04 bits per heavy atom. The van der Waals surface area contributed by atoms with Crippen LogP contribution in [0.3, 0.4) is 0 Å². The van der Waals surface area contributed by atoms with Gasteiger partial charge in [0.2, 0.25) is 0 Å². The van der Waals surface area contributed by atoms with Crippen molar-refractivity contribution < 1.29 is 13.2 Å². The molecule has 0 aliphatic heterocycles. The van der Waals surface area contributed by atoms with E-state index in [1.807, 2.05) is 14.1 Å². The zero-order valence-corrected chi connectivity index (χ0v) is 13.6. The van der Waals surface area contributed by atoms with E-state index in [4.69, 9.17) is 0 Å². The number of aromatic nitrogens is 1. The zero-order valence-electron chi connectivity index (χ0n) is 13.6. The molecule has 4 nitrogen and oxygen atoms in total. The van der Waals surface area contributed by atoms with Crippen LogP contribution < -0.4 is 11.0 Å². The van der Waals surface area contributed by atoms with Crippen LogP contribution in [0.4, 0.5) is 18.9 Å². The van der Waals surface area contributed by atoms with Crippen LogP contribution in [-0.4, -0.2) is 24.1 Å². The number of anilines is 1. The van der Waals surface area contributed by atoms with E-state index in [-0.39, 0.29) is 11.3 Å². The highest BCUT2D eigenvalue weighted by Gasteiger charge is 2.33. The molecule has 0 saturated heterocycles. The third-order valence-corrected chi connectivity index (χ3v) is 3.72. The topological polar surface area (TPSA) is 48.1 Å². The van der Waals surface area contributed by atoms with Crippen LogP contribution >= 0.6 is 0 Å². The highest BCUT2D eigenvalue weighted by atomic mass is 19.4. The van der Waals surface area contributed by atoms with E-state index in [0.717, 1.165) is 6.07 Å². The Hall–Kier alpha value is -2.80. The molecule has 7 heteroatoms. The van der Waals surface area contributed by atoms with Gasteiger partial charge in [-0.3, -0.25) is 4.79 Å². The fourth-order valence-electron chi connectivity index (χ4n) is 2.70. The SMILES string of the molecule is CN(C)Nc1ccc2cc(-c3ccccc3C(F)(F)F)[nH]c(=O)c2c1. The number of aromatic amines is 1. The quantitative estimate of drug-likeness (QED) is 0.701. The molecule has 0 bridgehead atoms. The molecule has 2 N–H and O–H groups in total. The molecule has 3 aromatic rings. The number of fused-ring (bicyclic) bond motifs is 1. The number of benzene rings is 2. The summed E-state index contributed by atoms with van der Waals surface area (Å²) in [6, 6.07) is 11.9. The molecule has 0 unspecified atom stereocenters.